The number of Topliss-reactive ketones (excluding diaryl/α,β-unsaturated/α-hetero) is 1. The first kappa shape index (κ1) is 9.88. The predicted molar refractivity (Wildman–Crippen MR) is 64.9 cm³/mol. The standard InChI is InChI=1S/C14H17NO/c16-14(8-10-2-1-3-10)12-4-5-13-11(9-12)6-7-15-13/h4-5,9-10,15H,1-3,6-8H2. The lowest BCUT2D eigenvalue weighted by atomic mass is 9.81. The monoisotopic (exact) mass is 215 g/mol. The lowest BCUT2D eigenvalue weighted by Crippen LogP contribution is -2.16. The van der Waals surface area contributed by atoms with E-state index in [2.05, 4.69) is 17.4 Å². The zero-order chi connectivity index (χ0) is 11.0. The van der Waals surface area contributed by atoms with E-state index in [1.165, 1.54) is 30.5 Å². The average molecular weight is 215 g/mol. The summed E-state index contributed by atoms with van der Waals surface area (Å²) in [5, 5.41) is 3.32. The first-order valence-corrected chi connectivity index (χ1v) is 6.23. The minimum atomic E-state index is 0.333. The fourth-order valence-electron chi connectivity index (χ4n) is 2.56. The SMILES string of the molecule is O=C(CC1CCC1)c1ccc2c(c1)CCN2. The van der Waals surface area contributed by atoms with Crippen molar-refractivity contribution in [3.63, 3.8) is 0 Å². The van der Waals surface area contributed by atoms with Crippen molar-refractivity contribution in [1.29, 1.82) is 0 Å². The van der Waals surface area contributed by atoms with Gasteiger partial charge in [0.2, 0.25) is 0 Å². The Morgan fingerprint density at radius 3 is 3.00 bits per heavy atom. The number of anilines is 1. The van der Waals surface area contributed by atoms with E-state index in [9.17, 15) is 4.79 Å². The highest BCUT2D eigenvalue weighted by atomic mass is 16.1. The summed E-state index contributed by atoms with van der Waals surface area (Å²) >= 11 is 0. The Morgan fingerprint density at radius 1 is 1.38 bits per heavy atom. The van der Waals surface area contributed by atoms with Gasteiger partial charge in [0.1, 0.15) is 0 Å². The van der Waals surface area contributed by atoms with Crippen LogP contribution < -0.4 is 5.32 Å². The van der Waals surface area contributed by atoms with Gasteiger partial charge in [-0.15, -0.1) is 0 Å². The molecule has 2 nitrogen and oxygen atoms in total. The van der Waals surface area contributed by atoms with E-state index >= 15 is 0 Å². The Balaban J connectivity index is 1.75. The Morgan fingerprint density at radius 2 is 2.25 bits per heavy atom. The van der Waals surface area contributed by atoms with Gasteiger partial charge in [-0.3, -0.25) is 4.79 Å². The zero-order valence-corrected chi connectivity index (χ0v) is 9.46. The predicted octanol–water partition coefficient (Wildman–Crippen LogP) is 3.03. The number of carbonyl (C=O) groups excluding carboxylic acids is 1. The molecule has 1 heterocycles. The van der Waals surface area contributed by atoms with E-state index < -0.39 is 0 Å². The number of carbonyl (C=O) groups is 1. The smallest absolute Gasteiger partial charge is 0.163 e. The van der Waals surface area contributed by atoms with E-state index in [0.29, 0.717) is 11.7 Å². The number of ketones is 1. The number of fused-ring (bicyclic) bond motifs is 1. The van der Waals surface area contributed by atoms with Crippen molar-refractivity contribution < 1.29 is 4.79 Å². The van der Waals surface area contributed by atoms with Crippen molar-refractivity contribution in [2.75, 3.05) is 11.9 Å². The number of hydrogen-bond acceptors (Lipinski definition) is 2. The van der Waals surface area contributed by atoms with Crippen LogP contribution in [0.1, 0.15) is 41.6 Å². The number of hydrogen-bond donors (Lipinski definition) is 1. The van der Waals surface area contributed by atoms with Gasteiger partial charge in [-0.05, 0) is 36.1 Å². The summed E-state index contributed by atoms with van der Waals surface area (Å²) in [5.41, 5.74) is 3.43. The van der Waals surface area contributed by atoms with Crippen LogP contribution in [0.4, 0.5) is 5.69 Å². The maximum Gasteiger partial charge on any atom is 0.163 e. The third kappa shape index (κ3) is 1.73. The fourth-order valence-corrected chi connectivity index (χ4v) is 2.56. The third-order valence-electron chi connectivity index (χ3n) is 3.84. The summed E-state index contributed by atoms with van der Waals surface area (Å²) in [7, 11) is 0. The Labute approximate surface area is 96.1 Å². The minimum absolute atomic E-state index is 0.333. The van der Waals surface area contributed by atoms with Gasteiger partial charge in [-0.1, -0.05) is 19.3 Å². The molecular formula is C14H17NO. The van der Waals surface area contributed by atoms with Crippen molar-refractivity contribution in [3.8, 4) is 0 Å². The molecule has 0 bridgehead atoms. The van der Waals surface area contributed by atoms with Crippen LogP contribution in [0.5, 0.6) is 0 Å². The summed E-state index contributed by atoms with van der Waals surface area (Å²) in [4.78, 5) is 12.0. The molecular weight excluding hydrogens is 198 g/mol. The molecule has 0 aromatic heterocycles. The van der Waals surface area contributed by atoms with Gasteiger partial charge in [0, 0.05) is 24.2 Å². The second-order valence-corrected chi connectivity index (χ2v) is 4.97. The molecule has 0 spiro atoms. The van der Waals surface area contributed by atoms with E-state index in [-0.39, 0.29) is 0 Å². The summed E-state index contributed by atoms with van der Waals surface area (Å²) in [6.07, 6.45) is 5.62. The second kappa shape index (κ2) is 3.93. The van der Waals surface area contributed by atoms with E-state index in [0.717, 1.165) is 24.9 Å². The zero-order valence-electron chi connectivity index (χ0n) is 9.46. The molecule has 1 N–H and O–H groups in total. The quantitative estimate of drug-likeness (QED) is 0.785. The Hall–Kier alpha value is -1.31. The van der Waals surface area contributed by atoms with Crippen LogP contribution in [0.2, 0.25) is 0 Å². The normalized spacial score (nSPS) is 18.8. The van der Waals surface area contributed by atoms with Crippen LogP contribution in [-0.2, 0) is 6.42 Å². The van der Waals surface area contributed by atoms with Crippen LogP contribution in [0.3, 0.4) is 0 Å². The van der Waals surface area contributed by atoms with Crippen LogP contribution in [0, 0.1) is 5.92 Å². The van der Waals surface area contributed by atoms with Gasteiger partial charge < -0.3 is 5.32 Å². The highest BCUT2D eigenvalue weighted by Crippen LogP contribution is 2.31. The van der Waals surface area contributed by atoms with Crippen LogP contribution >= 0.6 is 0 Å². The molecule has 0 saturated heterocycles. The lowest BCUT2D eigenvalue weighted by Gasteiger charge is -2.24. The summed E-state index contributed by atoms with van der Waals surface area (Å²) in [5.74, 6) is 0.998. The van der Waals surface area contributed by atoms with Gasteiger partial charge >= 0.3 is 0 Å². The van der Waals surface area contributed by atoms with Crippen molar-refractivity contribution in [2.24, 2.45) is 5.92 Å². The molecule has 1 aliphatic carbocycles. The van der Waals surface area contributed by atoms with Gasteiger partial charge in [0.05, 0.1) is 0 Å². The van der Waals surface area contributed by atoms with E-state index in [4.69, 9.17) is 0 Å². The average Bonchev–Trinajstić information content (AvgIpc) is 2.69. The van der Waals surface area contributed by atoms with Crippen LogP contribution in [-0.4, -0.2) is 12.3 Å². The molecule has 16 heavy (non-hydrogen) atoms. The molecule has 84 valence electrons. The summed E-state index contributed by atoms with van der Waals surface area (Å²) < 4.78 is 0. The summed E-state index contributed by atoms with van der Waals surface area (Å²) in [6.45, 7) is 1.01. The van der Waals surface area contributed by atoms with Crippen molar-refractivity contribution >= 4 is 11.5 Å². The molecule has 1 aromatic rings. The van der Waals surface area contributed by atoms with Crippen molar-refractivity contribution in [2.45, 2.75) is 32.1 Å². The Kier molecular flexibility index (Phi) is 2.43. The van der Waals surface area contributed by atoms with Crippen LogP contribution in [0.15, 0.2) is 18.2 Å². The van der Waals surface area contributed by atoms with E-state index in [1.807, 2.05) is 6.07 Å². The highest BCUT2D eigenvalue weighted by Gasteiger charge is 2.22. The molecule has 2 heteroatoms. The van der Waals surface area contributed by atoms with Crippen molar-refractivity contribution in [1.82, 2.24) is 0 Å². The fraction of sp³-hybridized carbons (Fsp3) is 0.500. The molecule has 2 aliphatic rings. The topological polar surface area (TPSA) is 29.1 Å². The highest BCUT2D eigenvalue weighted by molar-refractivity contribution is 5.97. The van der Waals surface area contributed by atoms with Crippen LogP contribution in [0.25, 0.3) is 0 Å². The van der Waals surface area contributed by atoms with Crippen molar-refractivity contribution in [3.05, 3.63) is 29.3 Å². The van der Waals surface area contributed by atoms with Gasteiger partial charge in [0.25, 0.3) is 0 Å². The minimum Gasteiger partial charge on any atom is -0.384 e. The summed E-state index contributed by atoms with van der Waals surface area (Å²) in [6, 6.07) is 6.10. The molecule has 1 saturated carbocycles. The number of rotatable bonds is 3. The molecule has 0 unspecified atom stereocenters. The maximum atomic E-state index is 12.0. The van der Waals surface area contributed by atoms with Gasteiger partial charge in [-0.25, -0.2) is 0 Å². The maximum absolute atomic E-state index is 12.0. The second-order valence-electron chi connectivity index (χ2n) is 4.97. The third-order valence-corrected chi connectivity index (χ3v) is 3.84. The largest absolute Gasteiger partial charge is 0.384 e. The molecule has 0 amide bonds. The molecule has 3 rings (SSSR count). The molecule has 1 aromatic carbocycles. The first-order valence-electron chi connectivity index (χ1n) is 6.23. The van der Waals surface area contributed by atoms with Gasteiger partial charge in [-0.2, -0.15) is 0 Å². The molecule has 0 radical (unpaired) electrons. The molecule has 1 fully saturated rings. The number of nitrogens with one attached hydrogen (secondary N) is 1. The molecule has 1 aliphatic heterocycles. The number of benzene rings is 1. The molecule has 0 atom stereocenters. The lowest BCUT2D eigenvalue weighted by molar-refractivity contribution is 0.0936. The first-order chi connectivity index (χ1) is 7.83. The van der Waals surface area contributed by atoms with E-state index in [1.54, 1.807) is 0 Å². The van der Waals surface area contributed by atoms with Gasteiger partial charge in [0.15, 0.2) is 5.78 Å². The Bertz CT molecular complexity index is 421.